The highest BCUT2D eigenvalue weighted by Crippen LogP contribution is 2.20. The topological polar surface area (TPSA) is 37.8 Å². The van der Waals surface area contributed by atoms with E-state index >= 15 is 0 Å². The Kier molecular flexibility index (Phi) is 4.20. The van der Waals surface area contributed by atoms with Gasteiger partial charge in [0.05, 0.1) is 17.6 Å². The first kappa shape index (κ1) is 14.1. The molecule has 1 aromatic carbocycles. The summed E-state index contributed by atoms with van der Waals surface area (Å²) in [4.78, 5) is 8.71. The van der Waals surface area contributed by atoms with Crippen molar-refractivity contribution in [2.45, 2.75) is 19.3 Å². The maximum absolute atomic E-state index is 13.2. The van der Waals surface area contributed by atoms with Gasteiger partial charge >= 0.3 is 0 Å². The average molecular weight is 289 g/mol. The van der Waals surface area contributed by atoms with Crippen molar-refractivity contribution in [3.05, 3.63) is 47.9 Å². The molecule has 1 atom stereocenters. The summed E-state index contributed by atoms with van der Waals surface area (Å²) in [6.07, 6.45) is 6.66. The zero-order chi connectivity index (χ0) is 14.7. The first-order chi connectivity index (χ1) is 10.2. The highest BCUT2D eigenvalue weighted by Gasteiger charge is 2.14. The number of hydrogen-bond acceptors (Lipinski definition) is 3. The van der Waals surface area contributed by atoms with Gasteiger partial charge in [0.2, 0.25) is 0 Å². The Bertz CT molecular complexity index is 607. The standard InChI is InChI=1S/C16H17F2N3/c17-14-4-3-12(7-15(14)18)16-10-20-13(9-21-16)6-11-2-1-5-19-8-11/h3-4,7,9-11,19H,1-2,5-6,8H2/t11-/m0/s1. The number of nitrogens with zero attached hydrogens (tertiary/aromatic N) is 2. The predicted octanol–water partition coefficient (Wildman–Crippen LogP) is 2.96. The van der Waals surface area contributed by atoms with Gasteiger partial charge in [0, 0.05) is 11.8 Å². The van der Waals surface area contributed by atoms with Crippen molar-refractivity contribution in [1.29, 1.82) is 0 Å². The fourth-order valence-electron chi connectivity index (χ4n) is 2.66. The van der Waals surface area contributed by atoms with Gasteiger partial charge in [-0.25, -0.2) is 8.78 Å². The van der Waals surface area contributed by atoms with Gasteiger partial charge in [-0.3, -0.25) is 9.97 Å². The summed E-state index contributed by atoms with van der Waals surface area (Å²) in [6, 6.07) is 3.76. The van der Waals surface area contributed by atoms with Gasteiger partial charge in [-0.15, -0.1) is 0 Å². The second kappa shape index (κ2) is 6.26. The van der Waals surface area contributed by atoms with Crippen LogP contribution in [0, 0.1) is 17.6 Å². The van der Waals surface area contributed by atoms with Crippen molar-refractivity contribution >= 4 is 0 Å². The monoisotopic (exact) mass is 289 g/mol. The molecule has 0 saturated carbocycles. The van der Waals surface area contributed by atoms with Gasteiger partial charge < -0.3 is 5.32 Å². The molecule has 1 N–H and O–H groups in total. The highest BCUT2D eigenvalue weighted by atomic mass is 19.2. The Morgan fingerprint density at radius 3 is 2.71 bits per heavy atom. The molecule has 0 amide bonds. The summed E-state index contributed by atoms with van der Waals surface area (Å²) >= 11 is 0. The number of piperidine rings is 1. The Hall–Kier alpha value is -1.88. The van der Waals surface area contributed by atoms with Crippen molar-refractivity contribution in [3.8, 4) is 11.3 Å². The Labute approximate surface area is 122 Å². The molecule has 5 heteroatoms. The molecule has 1 fully saturated rings. The molecule has 110 valence electrons. The van der Waals surface area contributed by atoms with Crippen LogP contribution in [0.1, 0.15) is 18.5 Å². The van der Waals surface area contributed by atoms with Crippen molar-refractivity contribution in [2.24, 2.45) is 5.92 Å². The third-order valence-corrected chi connectivity index (χ3v) is 3.82. The zero-order valence-electron chi connectivity index (χ0n) is 11.6. The Balaban J connectivity index is 1.72. The van der Waals surface area contributed by atoms with Crippen LogP contribution in [0.3, 0.4) is 0 Å². The minimum absolute atomic E-state index is 0.535. The summed E-state index contributed by atoms with van der Waals surface area (Å²) in [6.45, 7) is 2.11. The molecule has 2 heterocycles. The van der Waals surface area contributed by atoms with Crippen molar-refractivity contribution < 1.29 is 8.78 Å². The van der Waals surface area contributed by atoms with E-state index in [-0.39, 0.29) is 0 Å². The van der Waals surface area contributed by atoms with E-state index in [1.165, 1.54) is 18.9 Å². The highest BCUT2D eigenvalue weighted by molar-refractivity contribution is 5.57. The number of hydrogen-bond donors (Lipinski definition) is 1. The van der Waals surface area contributed by atoms with E-state index in [2.05, 4.69) is 15.3 Å². The summed E-state index contributed by atoms with van der Waals surface area (Å²) in [5, 5.41) is 3.38. The second-order valence-electron chi connectivity index (χ2n) is 5.44. The molecule has 0 spiro atoms. The molecule has 1 saturated heterocycles. The maximum atomic E-state index is 13.2. The van der Waals surface area contributed by atoms with Crippen LogP contribution in [-0.4, -0.2) is 23.1 Å². The Morgan fingerprint density at radius 2 is 2.05 bits per heavy atom. The molecule has 1 aliphatic rings. The lowest BCUT2D eigenvalue weighted by molar-refractivity contribution is 0.373. The molecule has 2 aromatic rings. The number of halogens is 2. The van der Waals surface area contributed by atoms with E-state index in [0.29, 0.717) is 17.2 Å². The van der Waals surface area contributed by atoms with E-state index in [1.807, 2.05) is 0 Å². The third-order valence-electron chi connectivity index (χ3n) is 3.82. The van der Waals surface area contributed by atoms with Crippen LogP contribution in [0.2, 0.25) is 0 Å². The minimum Gasteiger partial charge on any atom is -0.316 e. The molecule has 1 aliphatic heterocycles. The minimum atomic E-state index is -0.869. The Morgan fingerprint density at radius 1 is 1.14 bits per heavy atom. The first-order valence-electron chi connectivity index (χ1n) is 7.19. The van der Waals surface area contributed by atoms with Gasteiger partial charge in [-0.2, -0.15) is 0 Å². The molecule has 21 heavy (non-hydrogen) atoms. The summed E-state index contributed by atoms with van der Waals surface area (Å²) < 4.78 is 26.1. The summed E-state index contributed by atoms with van der Waals surface area (Å²) in [5.41, 5.74) is 2.03. The average Bonchev–Trinajstić information content (AvgIpc) is 2.52. The van der Waals surface area contributed by atoms with Crippen LogP contribution in [0.4, 0.5) is 8.78 Å². The van der Waals surface area contributed by atoms with Crippen LogP contribution >= 0.6 is 0 Å². The fraction of sp³-hybridized carbons (Fsp3) is 0.375. The van der Waals surface area contributed by atoms with Gasteiger partial charge in [0.25, 0.3) is 0 Å². The number of rotatable bonds is 3. The molecule has 0 unspecified atom stereocenters. The van der Waals surface area contributed by atoms with E-state index in [1.54, 1.807) is 12.4 Å². The lowest BCUT2D eigenvalue weighted by Gasteiger charge is -2.22. The van der Waals surface area contributed by atoms with Crippen molar-refractivity contribution in [1.82, 2.24) is 15.3 Å². The van der Waals surface area contributed by atoms with Crippen LogP contribution < -0.4 is 5.32 Å². The smallest absolute Gasteiger partial charge is 0.159 e. The summed E-state index contributed by atoms with van der Waals surface area (Å²) in [5.74, 6) is -1.12. The van der Waals surface area contributed by atoms with Crippen molar-refractivity contribution in [2.75, 3.05) is 13.1 Å². The zero-order valence-corrected chi connectivity index (χ0v) is 11.6. The van der Waals surface area contributed by atoms with E-state index in [9.17, 15) is 8.78 Å². The molecular formula is C16H17F2N3. The lowest BCUT2D eigenvalue weighted by atomic mass is 9.95. The van der Waals surface area contributed by atoms with E-state index in [4.69, 9.17) is 0 Å². The number of benzene rings is 1. The molecular weight excluding hydrogens is 272 g/mol. The second-order valence-corrected chi connectivity index (χ2v) is 5.44. The molecule has 3 rings (SSSR count). The number of aromatic nitrogens is 2. The quantitative estimate of drug-likeness (QED) is 0.944. The molecule has 0 aliphatic carbocycles. The van der Waals surface area contributed by atoms with Crippen LogP contribution in [0.25, 0.3) is 11.3 Å². The molecule has 0 bridgehead atoms. The SMILES string of the molecule is Fc1ccc(-c2cnc(C[C@@H]3CCCNC3)cn2)cc1F. The normalized spacial score (nSPS) is 18.7. The van der Waals surface area contributed by atoms with Gasteiger partial charge in [0.15, 0.2) is 11.6 Å². The fourth-order valence-corrected chi connectivity index (χ4v) is 2.66. The van der Waals surface area contributed by atoms with Crippen LogP contribution in [0.5, 0.6) is 0 Å². The molecule has 1 aromatic heterocycles. The van der Waals surface area contributed by atoms with Crippen LogP contribution in [-0.2, 0) is 6.42 Å². The molecule has 0 radical (unpaired) electrons. The van der Waals surface area contributed by atoms with Gasteiger partial charge in [-0.05, 0) is 56.5 Å². The predicted molar refractivity (Wildman–Crippen MR) is 76.7 cm³/mol. The third kappa shape index (κ3) is 3.42. The molecule has 3 nitrogen and oxygen atoms in total. The van der Waals surface area contributed by atoms with E-state index < -0.39 is 11.6 Å². The van der Waals surface area contributed by atoms with Gasteiger partial charge in [0.1, 0.15) is 0 Å². The summed E-state index contributed by atoms with van der Waals surface area (Å²) in [7, 11) is 0. The first-order valence-corrected chi connectivity index (χ1v) is 7.19. The van der Waals surface area contributed by atoms with Gasteiger partial charge in [-0.1, -0.05) is 0 Å². The van der Waals surface area contributed by atoms with E-state index in [0.717, 1.165) is 37.3 Å². The largest absolute Gasteiger partial charge is 0.316 e. The number of nitrogens with one attached hydrogen (secondary N) is 1. The van der Waals surface area contributed by atoms with Crippen LogP contribution in [0.15, 0.2) is 30.6 Å². The van der Waals surface area contributed by atoms with Crippen molar-refractivity contribution in [3.63, 3.8) is 0 Å². The lowest BCUT2D eigenvalue weighted by Crippen LogP contribution is -2.31. The maximum Gasteiger partial charge on any atom is 0.159 e.